The SMILES string of the molecule is COC(=O)c1ccc(CN(C)Cc2ccccc2C(F)(F)F)o1. The molecule has 2 rings (SSSR count). The lowest BCUT2D eigenvalue weighted by Gasteiger charge is -2.18. The molecule has 0 N–H and O–H groups in total. The molecule has 0 aliphatic rings. The van der Waals surface area contributed by atoms with Crippen molar-refractivity contribution in [2.45, 2.75) is 19.3 Å². The summed E-state index contributed by atoms with van der Waals surface area (Å²) in [6.07, 6.45) is -4.39. The first-order valence-electron chi connectivity index (χ1n) is 6.82. The number of halogens is 3. The van der Waals surface area contributed by atoms with Gasteiger partial charge in [0.1, 0.15) is 5.76 Å². The van der Waals surface area contributed by atoms with Crippen molar-refractivity contribution in [2.75, 3.05) is 14.2 Å². The highest BCUT2D eigenvalue weighted by Crippen LogP contribution is 2.32. The first kappa shape index (κ1) is 17.1. The van der Waals surface area contributed by atoms with Gasteiger partial charge >= 0.3 is 12.1 Å². The van der Waals surface area contributed by atoms with E-state index in [4.69, 9.17) is 4.42 Å². The van der Waals surface area contributed by atoms with Crippen molar-refractivity contribution >= 4 is 5.97 Å². The normalized spacial score (nSPS) is 11.7. The zero-order chi connectivity index (χ0) is 17.0. The number of esters is 1. The first-order valence-corrected chi connectivity index (χ1v) is 6.82. The Morgan fingerprint density at radius 2 is 1.87 bits per heavy atom. The van der Waals surface area contributed by atoms with E-state index in [0.717, 1.165) is 6.07 Å². The standard InChI is InChI=1S/C16H16F3NO3/c1-20(10-12-7-8-14(23-12)15(21)22-2)9-11-5-3-4-6-13(11)16(17,18)19/h3-8H,9-10H2,1-2H3. The van der Waals surface area contributed by atoms with Crippen LogP contribution in [0, 0.1) is 0 Å². The van der Waals surface area contributed by atoms with Crippen LogP contribution in [-0.2, 0) is 24.0 Å². The molecular weight excluding hydrogens is 311 g/mol. The van der Waals surface area contributed by atoms with Crippen molar-refractivity contribution in [1.29, 1.82) is 0 Å². The van der Waals surface area contributed by atoms with Crippen LogP contribution >= 0.6 is 0 Å². The topological polar surface area (TPSA) is 42.7 Å². The molecule has 4 nitrogen and oxygen atoms in total. The average molecular weight is 327 g/mol. The highest BCUT2D eigenvalue weighted by Gasteiger charge is 2.33. The summed E-state index contributed by atoms with van der Waals surface area (Å²) in [6.45, 7) is 0.368. The van der Waals surface area contributed by atoms with Gasteiger partial charge in [0, 0.05) is 6.54 Å². The van der Waals surface area contributed by atoms with E-state index in [1.54, 1.807) is 24.1 Å². The van der Waals surface area contributed by atoms with Crippen LogP contribution in [0.25, 0.3) is 0 Å². The highest BCUT2D eigenvalue weighted by atomic mass is 19.4. The average Bonchev–Trinajstić information content (AvgIpc) is 2.94. The number of alkyl halides is 3. The lowest BCUT2D eigenvalue weighted by Crippen LogP contribution is -2.20. The predicted molar refractivity (Wildman–Crippen MR) is 76.7 cm³/mol. The van der Waals surface area contributed by atoms with Crippen LogP contribution in [0.1, 0.15) is 27.4 Å². The molecule has 0 fully saturated rings. The number of benzene rings is 1. The molecule has 0 radical (unpaired) electrons. The minimum absolute atomic E-state index is 0.0617. The van der Waals surface area contributed by atoms with Crippen molar-refractivity contribution in [1.82, 2.24) is 4.90 Å². The summed E-state index contributed by atoms with van der Waals surface area (Å²) in [7, 11) is 2.91. The fourth-order valence-corrected chi connectivity index (χ4v) is 2.22. The number of furan rings is 1. The number of rotatable bonds is 5. The van der Waals surface area contributed by atoms with Crippen molar-refractivity contribution in [3.63, 3.8) is 0 Å². The second-order valence-corrected chi connectivity index (χ2v) is 5.08. The molecule has 1 aromatic carbocycles. The predicted octanol–water partition coefficient (Wildman–Crippen LogP) is 3.72. The van der Waals surface area contributed by atoms with Gasteiger partial charge in [-0.3, -0.25) is 4.90 Å². The van der Waals surface area contributed by atoms with Crippen molar-refractivity contribution in [3.05, 3.63) is 59.0 Å². The van der Waals surface area contributed by atoms with Gasteiger partial charge in [-0.2, -0.15) is 13.2 Å². The maximum absolute atomic E-state index is 13.0. The zero-order valence-corrected chi connectivity index (χ0v) is 12.7. The Bertz CT molecular complexity index is 679. The van der Waals surface area contributed by atoms with Crippen LogP contribution in [0.15, 0.2) is 40.8 Å². The van der Waals surface area contributed by atoms with E-state index in [2.05, 4.69) is 4.74 Å². The number of methoxy groups -OCH3 is 1. The van der Waals surface area contributed by atoms with Crippen molar-refractivity contribution in [3.8, 4) is 0 Å². The molecular formula is C16H16F3NO3. The number of carbonyl (C=O) groups excluding carboxylic acids is 1. The highest BCUT2D eigenvalue weighted by molar-refractivity contribution is 5.86. The van der Waals surface area contributed by atoms with Gasteiger partial charge in [0.2, 0.25) is 5.76 Å². The van der Waals surface area contributed by atoms with E-state index >= 15 is 0 Å². The molecule has 0 saturated carbocycles. The van der Waals surface area contributed by atoms with Crippen LogP contribution in [0.4, 0.5) is 13.2 Å². The van der Waals surface area contributed by atoms with Crippen LogP contribution in [0.3, 0.4) is 0 Å². The van der Waals surface area contributed by atoms with E-state index < -0.39 is 17.7 Å². The van der Waals surface area contributed by atoms with E-state index in [1.807, 2.05) is 0 Å². The Hall–Kier alpha value is -2.28. The van der Waals surface area contributed by atoms with E-state index in [0.29, 0.717) is 5.76 Å². The van der Waals surface area contributed by atoms with Crippen LogP contribution in [-0.4, -0.2) is 25.0 Å². The molecule has 0 spiro atoms. The summed E-state index contributed by atoms with van der Waals surface area (Å²) in [5.74, 6) is -0.0645. The minimum atomic E-state index is -4.39. The molecule has 0 amide bonds. The molecule has 0 aliphatic carbocycles. The molecule has 7 heteroatoms. The third-order valence-corrected chi connectivity index (χ3v) is 3.24. The second kappa shape index (κ2) is 6.87. The molecule has 1 aromatic heterocycles. The number of nitrogens with zero attached hydrogens (tertiary/aromatic N) is 1. The summed E-state index contributed by atoms with van der Waals surface area (Å²) < 4.78 is 48.7. The van der Waals surface area contributed by atoms with Crippen LogP contribution < -0.4 is 0 Å². The van der Waals surface area contributed by atoms with E-state index in [-0.39, 0.29) is 24.4 Å². The molecule has 0 unspecified atom stereocenters. The first-order chi connectivity index (χ1) is 10.8. The molecule has 124 valence electrons. The lowest BCUT2D eigenvalue weighted by molar-refractivity contribution is -0.138. The van der Waals surface area contributed by atoms with Crippen molar-refractivity contribution < 1.29 is 27.1 Å². The number of carbonyl (C=O) groups is 1. The molecule has 2 aromatic rings. The van der Waals surface area contributed by atoms with Crippen LogP contribution in [0.5, 0.6) is 0 Å². The lowest BCUT2D eigenvalue weighted by atomic mass is 10.1. The summed E-state index contributed by atoms with van der Waals surface area (Å²) in [4.78, 5) is 13.0. The van der Waals surface area contributed by atoms with Gasteiger partial charge in [-0.25, -0.2) is 4.79 Å². The zero-order valence-electron chi connectivity index (χ0n) is 12.7. The summed E-state index contributed by atoms with van der Waals surface area (Å²) in [5, 5.41) is 0. The molecule has 23 heavy (non-hydrogen) atoms. The number of hydrogen-bond donors (Lipinski definition) is 0. The minimum Gasteiger partial charge on any atom is -0.463 e. The molecule has 0 atom stereocenters. The second-order valence-electron chi connectivity index (χ2n) is 5.08. The van der Waals surface area contributed by atoms with E-state index in [1.165, 1.54) is 25.3 Å². The number of ether oxygens (including phenoxy) is 1. The van der Waals surface area contributed by atoms with Gasteiger partial charge < -0.3 is 9.15 Å². The van der Waals surface area contributed by atoms with Crippen molar-refractivity contribution in [2.24, 2.45) is 0 Å². The van der Waals surface area contributed by atoms with Gasteiger partial charge in [0.25, 0.3) is 0 Å². The Morgan fingerprint density at radius 1 is 1.17 bits per heavy atom. The fourth-order valence-electron chi connectivity index (χ4n) is 2.22. The monoisotopic (exact) mass is 327 g/mol. The summed E-state index contributed by atoms with van der Waals surface area (Å²) in [6, 6.07) is 8.51. The Labute approximate surface area is 131 Å². The Balaban J connectivity index is 2.07. The Kier molecular flexibility index (Phi) is 5.10. The maximum Gasteiger partial charge on any atom is 0.416 e. The third-order valence-electron chi connectivity index (χ3n) is 3.24. The molecule has 0 saturated heterocycles. The Morgan fingerprint density at radius 3 is 2.52 bits per heavy atom. The van der Waals surface area contributed by atoms with Gasteiger partial charge in [-0.05, 0) is 30.8 Å². The van der Waals surface area contributed by atoms with Gasteiger partial charge in [-0.1, -0.05) is 18.2 Å². The molecule has 1 heterocycles. The molecule has 0 aliphatic heterocycles. The quantitative estimate of drug-likeness (QED) is 0.785. The van der Waals surface area contributed by atoms with Gasteiger partial charge in [0.15, 0.2) is 0 Å². The summed E-state index contributed by atoms with van der Waals surface area (Å²) >= 11 is 0. The van der Waals surface area contributed by atoms with Gasteiger partial charge in [0.05, 0.1) is 19.2 Å². The summed E-state index contributed by atoms with van der Waals surface area (Å²) in [5.41, 5.74) is -0.469. The maximum atomic E-state index is 13.0. The van der Waals surface area contributed by atoms with Crippen LogP contribution in [0.2, 0.25) is 0 Å². The number of hydrogen-bond acceptors (Lipinski definition) is 4. The van der Waals surface area contributed by atoms with Gasteiger partial charge in [-0.15, -0.1) is 0 Å². The third kappa shape index (κ3) is 4.35. The fraction of sp³-hybridized carbons (Fsp3) is 0.312. The van der Waals surface area contributed by atoms with E-state index in [9.17, 15) is 18.0 Å². The molecule has 0 bridgehead atoms. The largest absolute Gasteiger partial charge is 0.463 e. The smallest absolute Gasteiger partial charge is 0.416 e.